The van der Waals surface area contributed by atoms with Gasteiger partial charge in [-0.05, 0) is 37.3 Å². The highest BCUT2D eigenvalue weighted by molar-refractivity contribution is 7.89. The number of hydrogen-bond donors (Lipinski definition) is 1. The van der Waals surface area contributed by atoms with Crippen LogP contribution in [0.5, 0.6) is 5.75 Å². The smallest absolute Gasteiger partial charge is 0.242 e. The molecular weight excluding hydrogens is 342 g/mol. The van der Waals surface area contributed by atoms with E-state index in [9.17, 15) is 8.42 Å². The van der Waals surface area contributed by atoms with Gasteiger partial charge < -0.3 is 9.26 Å². The largest absolute Gasteiger partial charge is 0.497 e. The maximum absolute atomic E-state index is 12.3. The second-order valence-electron chi connectivity index (χ2n) is 5.38. The van der Waals surface area contributed by atoms with Crippen LogP contribution < -0.4 is 9.46 Å². The number of aromatic nitrogens is 2. The number of nitrogens with one attached hydrogen (secondary N) is 1. The van der Waals surface area contributed by atoms with Crippen LogP contribution in [0.3, 0.4) is 0 Å². The van der Waals surface area contributed by atoms with Crippen LogP contribution in [0.4, 0.5) is 0 Å². The van der Waals surface area contributed by atoms with Crippen molar-refractivity contribution in [3.05, 3.63) is 60.0 Å². The third kappa shape index (κ3) is 4.04. The van der Waals surface area contributed by atoms with Gasteiger partial charge >= 0.3 is 0 Å². The number of benzene rings is 2. The second kappa shape index (κ2) is 7.04. The van der Waals surface area contributed by atoms with E-state index in [1.165, 1.54) is 19.2 Å². The standard InChI is InChI=1S/C17H17N3O4S/c1-12-4-3-5-13(10-12)17-19-16(24-20-17)11-18-25(21,22)15-8-6-14(23-2)7-9-15/h3-10,18H,11H2,1-2H3. The molecule has 2 aromatic carbocycles. The molecule has 0 saturated heterocycles. The molecule has 1 N–H and O–H groups in total. The Morgan fingerprint density at radius 3 is 2.60 bits per heavy atom. The fourth-order valence-corrected chi connectivity index (χ4v) is 3.20. The molecule has 0 unspecified atom stereocenters. The Balaban J connectivity index is 1.70. The van der Waals surface area contributed by atoms with Crippen molar-refractivity contribution in [3.8, 4) is 17.1 Å². The third-order valence-corrected chi connectivity index (χ3v) is 4.94. The molecule has 1 aromatic heterocycles. The lowest BCUT2D eigenvalue weighted by atomic mass is 10.1. The zero-order valence-corrected chi connectivity index (χ0v) is 14.6. The van der Waals surface area contributed by atoms with Crippen molar-refractivity contribution in [1.82, 2.24) is 14.9 Å². The average molecular weight is 359 g/mol. The lowest BCUT2D eigenvalue weighted by molar-refractivity contribution is 0.376. The van der Waals surface area contributed by atoms with E-state index >= 15 is 0 Å². The normalized spacial score (nSPS) is 11.4. The highest BCUT2D eigenvalue weighted by Crippen LogP contribution is 2.18. The van der Waals surface area contributed by atoms with Crippen LogP contribution in [0.15, 0.2) is 57.9 Å². The Morgan fingerprint density at radius 2 is 1.92 bits per heavy atom. The molecular formula is C17H17N3O4S. The Hall–Kier alpha value is -2.71. The number of rotatable bonds is 6. The van der Waals surface area contributed by atoms with Crippen LogP contribution in [0.1, 0.15) is 11.5 Å². The van der Waals surface area contributed by atoms with Crippen LogP contribution >= 0.6 is 0 Å². The zero-order valence-electron chi connectivity index (χ0n) is 13.8. The summed E-state index contributed by atoms with van der Waals surface area (Å²) in [6.45, 7) is 1.88. The van der Waals surface area contributed by atoms with E-state index in [4.69, 9.17) is 9.26 Å². The summed E-state index contributed by atoms with van der Waals surface area (Å²) in [7, 11) is -2.16. The molecule has 0 amide bonds. The SMILES string of the molecule is COc1ccc(S(=O)(=O)NCc2nc(-c3cccc(C)c3)no2)cc1. The van der Waals surface area contributed by atoms with Crippen molar-refractivity contribution in [2.45, 2.75) is 18.4 Å². The van der Waals surface area contributed by atoms with Crippen LogP contribution in [-0.2, 0) is 16.6 Å². The molecule has 0 atom stereocenters. The molecule has 1 heterocycles. The van der Waals surface area contributed by atoms with Gasteiger partial charge in [0.05, 0.1) is 18.6 Å². The van der Waals surface area contributed by atoms with Gasteiger partial charge in [0.1, 0.15) is 5.75 Å². The van der Waals surface area contributed by atoms with Crippen molar-refractivity contribution in [2.75, 3.05) is 7.11 Å². The van der Waals surface area contributed by atoms with E-state index in [0.717, 1.165) is 11.1 Å². The lowest BCUT2D eigenvalue weighted by Gasteiger charge is -2.05. The predicted octanol–water partition coefficient (Wildman–Crippen LogP) is 2.53. The van der Waals surface area contributed by atoms with Gasteiger partial charge in [-0.1, -0.05) is 28.9 Å². The fourth-order valence-electron chi connectivity index (χ4n) is 2.22. The molecule has 3 rings (SSSR count). The summed E-state index contributed by atoms with van der Waals surface area (Å²) in [4.78, 5) is 4.35. The molecule has 0 aliphatic rings. The van der Waals surface area contributed by atoms with E-state index in [2.05, 4.69) is 14.9 Å². The highest BCUT2D eigenvalue weighted by atomic mass is 32.2. The zero-order chi connectivity index (χ0) is 17.9. The van der Waals surface area contributed by atoms with Crippen molar-refractivity contribution < 1.29 is 17.7 Å². The highest BCUT2D eigenvalue weighted by Gasteiger charge is 2.16. The fraction of sp³-hybridized carbons (Fsp3) is 0.176. The summed E-state index contributed by atoms with van der Waals surface area (Å²) in [5.41, 5.74) is 1.89. The van der Waals surface area contributed by atoms with E-state index in [-0.39, 0.29) is 17.3 Å². The first-order valence-corrected chi connectivity index (χ1v) is 8.99. The maximum Gasteiger partial charge on any atom is 0.242 e. The molecule has 0 radical (unpaired) electrons. The molecule has 0 fully saturated rings. The van der Waals surface area contributed by atoms with E-state index in [0.29, 0.717) is 11.6 Å². The Bertz CT molecular complexity index is 966. The van der Waals surface area contributed by atoms with E-state index < -0.39 is 10.0 Å². The Labute approximate surface area is 145 Å². The van der Waals surface area contributed by atoms with Gasteiger partial charge in [0, 0.05) is 5.56 Å². The minimum Gasteiger partial charge on any atom is -0.497 e. The Kier molecular flexibility index (Phi) is 4.82. The number of methoxy groups -OCH3 is 1. The quantitative estimate of drug-likeness (QED) is 0.727. The van der Waals surface area contributed by atoms with Crippen LogP contribution in [0, 0.1) is 6.92 Å². The summed E-state index contributed by atoms with van der Waals surface area (Å²) in [5, 5.41) is 3.89. The number of sulfonamides is 1. The second-order valence-corrected chi connectivity index (χ2v) is 7.15. The monoisotopic (exact) mass is 359 g/mol. The molecule has 0 aliphatic heterocycles. The van der Waals surface area contributed by atoms with Gasteiger partial charge in [0.15, 0.2) is 0 Å². The molecule has 130 valence electrons. The maximum atomic E-state index is 12.3. The summed E-state index contributed by atoms with van der Waals surface area (Å²) in [5.74, 6) is 1.19. The van der Waals surface area contributed by atoms with Crippen molar-refractivity contribution in [3.63, 3.8) is 0 Å². The van der Waals surface area contributed by atoms with Crippen LogP contribution in [0.25, 0.3) is 11.4 Å². The van der Waals surface area contributed by atoms with Crippen LogP contribution in [0.2, 0.25) is 0 Å². The third-order valence-electron chi connectivity index (χ3n) is 3.53. The molecule has 8 heteroatoms. The lowest BCUT2D eigenvalue weighted by Crippen LogP contribution is -2.23. The number of ether oxygens (including phenoxy) is 1. The summed E-state index contributed by atoms with van der Waals surface area (Å²) in [6, 6.07) is 13.7. The topological polar surface area (TPSA) is 94.3 Å². The molecule has 25 heavy (non-hydrogen) atoms. The van der Waals surface area contributed by atoms with Crippen molar-refractivity contribution >= 4 is 10.0 Å². The number of hydrogen-bond acceptors (Lipinski definition) is 6. The van der Waals surface area contributed by atoms with Crippen molar-refractivity contribution in [2.24, 2.45) is 0 Å². The van der Waals surface area contributed by atoms with Gasteiger partial charge in [-0.15, -0.1) is 0 Å². The molecule has 0 spiro atoms. The summed E-state index contributed by atoms with van der Waals surface area (Å²) in [6.07, 6.45) is 0. The number of aryl methyl sites for hydroxylation is 1. The first kappa shape index (κ1) is 17.1. The molecule has 0 bridgehead atoms. The molecule has 3 aromatic rings. The summed E-state index contributed by atoms with van der Waals surface area (Å²) >= 11 is 0. The van der Waals surface area contributed by atoms with Crippen LogP contribution in [-0.4, -0.2) is 25.7 Å². The average Bonchev–Trinajstić information content (AvgIpc) is 3.09. The van der Waals surface area contributed by atoms with Gasteiger partial charge in [-0.25, -0.2) is 13.1 Å². The number of nitrogens with zero attached hydrogens (tertiary/aromatic N) is 2. The minimum atomic E-state index is -3.68. The molecule has 0 saturated carbocycles. The minimum absolute atomic E-state index is 0.0901. The predicted molar refractivity (Wildman–Crippen MR) is 91.5 cm³/mol. The van der Waals surface area contributed by atoms with E-state index in [1.54, 1.807) is 12.1 Å². The van der Waals surface area contributed by atoms with Crippen molar-refractivity contribution in [1.29, 1.82) is 0 Å². The first-order valence-electron chi connectivity index (χ1n) is 7.51. The summed E-state index contributed by atoms with van der Waals surface area (Å²) < 4.78 is 37.1. The Morgan fingerprint density at radius 1 is 1.16 bits per heavy atom. The molecule has 0 aliphatic carbocycles. The van der Waals surface area contributed by atoms with E-state index in [1.807, 2.05) is 31.2 Å². The first-order chi connectivity index (χ1) is 12.0. The molecule has 7 nitrogen and oxygen atoms in total. The van der Waals surface area contributed by atoms with Gasteiger partial charge in [-0.2, -0.15) is 4.98 Å². The van der Waals surface area contributed by atoms with Gasteiger partial charge in [-0.3, -0.25) is 0 Å². The van der Waals surface area contributed by atoms with Gasteiger partial charge in [0.25, 0.3) is 0 Å². The van der Waals surface area contributed by atoms with Gasteiger partial charge in [0.2, 0.25) is 21.7 Å².